The normalized spacial score (nSPS) is 11.6. The van der Waals surface area contributed by atoms with Gasteiger partial charge in [0.05, 0.1) is 18.1 Å². The van der Waals surface area contributed by atoms with Crippen LogP contribution in [0, 0.1) is 0 Å². The van der Waals surface area contributed by atoms with E-state index >= 15 is 0 Å². The van der Waals surface area contributed by atoms with E-state index in [2.05, 4.69) is 0 Å². The second-order valence-electron chi connectivity index (χ2n) is 3.69. The zero-order valence-corrected chi connectivity index (χ0v) is 10.7. The van der Waals surface area contributed by atoms with Crippen LogP contribution in [0.15, 0.2) is 29.2 Å². The summed E-state index contributed by atoms with van der Waals surface area (Å²) in [4.78, 5) is 0.180. The fraction of sp³-hybridized carbons (Fsp3) is 0.500. The van der Waals surface area contributed by atoms with Crippen molar-refractivity contribution in [2.75, 3.05) is 13.2 Å². The van der Waals surface area contributed by atoms with Crippen molar-refractivity contribution in [3.05, 3.63) is 29.8 Å². The number of benzene rings is 1. The summed E-state index contributed by atoms with van der Waals surface area (Å²) >= 11 is 0. The van der Waals surface area contributed by atoms with Crippen molar-refractivity contribution in [3.63, 3.8) is 0 Å². The minimum atomic E-state index is -3.68. The Morgan fingerprint density at radius 1 is 1.24 bits per heavy atom. The van der Waals surface area contributed by atoms with Crippen LogP contribution in [-0.2, 0) is 25.8 Å². The maximum absolute atomic E-state index is 11.8. The fourth-order valence-electron chi connectivity index (χ4n) is 1.36. The van der Waals surface area contributed by atoms with Crippen LogP contribution in [0.3, 0.4) is 0 Å². The Morgan fingerprint density at radius 2 is 2.00 bits per heavy atom. The highest BCUT2D eigenvalue weighted by Gasteiger charge is 2.14. The molecule has 1 aromatic carbocycles. The van der Waals surface area contributed by atoms with Gasteiger partial charge >= 0.3 is 0 Å². The average Bonchev–Trinajstić information content (AvgIpc) is 2.35. The molecule has 17 heavy (non-hydrogen) atoms. The van der Waals surface area contributed by atoms with E-state index in [0.29, 0.717) is 12.8 Å². The molecule has 0 N–H and O–H groups in total. The van der Waals surface area contributed by atoms with Crippen molar-refractivity contribution in [2.24, 2.45) is 0 Å². The molecular weight excluding hydrogens is 240 g/mol. The average molecular weight is 257 g/mol. The molecule has 95 valence electrons. The Bertz CT molecular complexity index is 440. The number of hydrogen-bond acceptors (Lipinski definition) is 3. The van der Waals surface area contributed by atoms with Gasteiger partial charge in [-0.3, -0.25) is 4.18 Å². The third-order valence-corrected chi connectivity index (χ3v) is 3.68. The van der Waals surface area contributed by atoms with Crippen molar-refractivity contribution >= 4 is 10.1 Å². The van der Waals surface area contributed by atoms with Crippen LogP contribution in [-0.4, -0.2) is 21.6 Å². The zero-order chi connectivity index (χ0) is 12.7. The van der Waals surface area contributed by atoms with Gasteiger partial charge in [-0.2, -0.15) is 8.42 Å². The highest BCUT2D eigenvalue weighted by Crippen LogP contribution is 2.15. The SMILES string of the molecule is CCc1cccc(S(=O)(=O)OCCCC[O])c1. The Kier molecular flexibility index (Phi) is 5.61. The van der Waals surface area contributed by atoms with Gasteiger partial charge in [0.2, 0.25) is 0 Å². The molecule has 0 bridgehead atoms. The van der Waals surface area contributed by atoms with Crippen LogP contribution in [0.25, 0.3) is 0 Å². The van der Waals surface area contributed by atoms with Crippen LogP contribution >= 0.6 is 0 Å². The lowest BCUT2D eigenvalue weighted by Gasteiger charge is -2.06. The highest BCUT2D eigenvalue weighted by molar-refractivity contribution is 7.86. The third kappa shape index (κ3) is 4.46. The van der Waals surface area contributed by atoms with Crippen molar-refractivity contribution in [1.29, 1.82) is 0 Å². The fourth-order valence-corrected chi connectivity index (χ4v) is 2.38. The van der Waals surface area contributed by atoms with Crippen LogP contribution in [0.1, 0.15) is 25.3 Å². The maximum Gasteiger partial charge on any atom is 0.296 e. The van der Waals surface area contributed by atoms with E-state index in [1.54, 1.807) is 12.1 Å². The van der Waals surface area contributed by atoms with E-state index in [1.165, 1.54) is 6.07 Å². The first-order valence-corrected chi connectivity index (χ1v) is 7.07. The van der Waals surface area contributed by atoms with Crippen LogP contribution in [0.4, 0.5) is 0 Å². The summed E-state index contributed by atoms with van der Waals surface area (Å²) in [5.74, 6) is 0. The van der Waals surface area contributed by atoms with Crippen molar-refractivity contribution in [1.82, 2.24) is 0 Å². The first kappa shape index (κ1) is 14.2. The Labute approximate surface area is 102 Å². The van der Waals surface area contributed by atoms with Gasteiger partial charge in [0, 0.05) is 0 Å². The second kappa shape index (κ2) is 6.74. The number of hydrogen-bond donors (Lipinski definition) is 0. The second-order valence-corrected chi connectivity index (χ2v) is 5.30. The van der Waals surface area contributed by atoms with E-state index < -0.39 is 10.1 Å². The Balaban J connectivity index is 2.68. The van der Waals surface area contributed by atoms with Crippen LogP contribution in [0.5, 0.6) is 0 Å². The first-order valence-electron chi connectivity index (χ1n) is 5.66. The predicted octanol–water partition coefficient (Wildman–Crippen LogP) is 2.17. The molecule has 0 unspecified atom stereocenters. The van der Waals surface area contributed by atoms with Gasteiger partial charge in [0.1, 0.15) is 0 Å². The molecule has 0 spiro atoms. The van der Waals surface area contributed by atoms with Crippen molar-refractivity contribution < 1.29 is 17.7 Å². The predicted molar refractivity (Wildman–Crippen MR) is 63.7 cm³/mol. The highest BCUT2D eigenvalue weighted by atomic mass is 32.2. The molecule has 0 aliphatic heterocycles. The lowest BCUT2D eigenvalue weighted by Crippen LogP contribution is -2.08. The molecule has 1 rings (SSSR count). The molecule has 5 heteroatoms. The standard InChI is InChI=1S/C12H17O4S/c1-2-11-6-5-7-12(10-11)17(14,15)16-9-4-3-8-13/h5-7,10H,2-4,8-9H2,1H3. The lowest BCUT2D eigenvalue weighted by molar-refractivity contribution is 0.178. The summed E-state index contributed by atoms with van der Waals surface area (Å²) in [5, 5.41) is 10.2. The largest absolute Gasteiger partial charge is 0.296 e. The molecular formula is C12H17O4S. The third-order valence-electron chi connectivity index (χ3n) is 2.37. The van der Waals surface area contributed by atoms with Crippen molar-refractivity contribution in [3.8, 4) is 0 Å². The molecule has 0 heterocycles. The van der Waals surface area contributed by atoms with E-state index in [0.717, 1.165) is 12.0 Å². The van der Waals surface area contributed by atoms with Gasteiger partial charge < -0.3 is 0 Å². The number of aryl methyl sites for hydroxylation is 1. The molecule has 0 atom stereocenters. The minimum Gasteiger partial charge on any atom is -0.266 e. The van der Waals surface area contributed by atoms with Gasteiger partial charge in [-0.15, -0.1) is 0 Å². The van der Waals surface area contributed by atoms with Gasteiger partial charge in [0.25, 0.3) is 10.1 Å². The van der Waals surface area contributed by atoms with Crippen molar-refractivity contribution in [2.45, 2.75) is 31.1 Å². The Hall–Kier alpha value is -0.910. The molecule has 0 aliphatic rings. The molecule has 0 saturated heterocycles. The summed E-state index contributed by atoms with van der Waals surface area (Å²) in [7, 11) is -3.68. The lowest BCUT2D eigenvalue weighted by atomic mass is 10.2. The van der Waals surface area contributed by atoms with Gasteiger partial charge in [-0.1, -0.05) is 19.1 Å². The summed E-state index contributed by atoms with van der Waals surface area (Å²) in [5.41, 5.74) is 0.953. The molecule has 0 fully saturated rings. The van der Waals surface area contributed by atoms with E-state index in [-0.39, 0.29) is 18.1 Å². The molecule has 0 aromatic heterocycles. The zero-order valence-electron chi connectivity index (χ0n) is 9.89. The molecule has 1 radical (unpaired) electrons. The summed E-state index contributed by atoms with van der Waals surface area (Å²) in [6.07, 6.45) is 1.68. The summed E-state index contributed by atoms with van der Waals surface area (Å²) in [6, 6.07) is 6.70. The topological polar surface area (TPSA) is 63.3 Å². The molecule has 0 saturated carbocycles. The monoisotopic (exact) mass is 257 g/mol. The smallest absolute Gasteiger partial charge is 0.266 e. The number of unbranched alkanes of at least 4 members (excludes halogenated alkanes) is 1. The molecule has 0 aliphatic carbocycles. The summed E-state index contributed by atoms with van der Waals surface area (Å²) in [6.45, 7) is 1.83. The summed E-state index contributed by atoms with van der Waals surface area (Å²) < 4.78 is 28.4. The van der Waals surface area contributed by atoms with Gasteiger partial charge in [-0.05, 0) is 37.0 Å². The quantitative estimate of drug-likeness (QED) is 0.555. The first-order chi connectivity index (χ1) is 8.10. The maximum atomic E-state index is 11.8. The van der Waals surface area contributed by atoms with E-state index in [1.807, 2.05) is 13.0 Å². The van der Waals surface area contributed by atoms with E-state index in [9.17, 15) is 13.5 Å². The Morgan fingerprint density at radius 3 is 2.65 bits per heavy atom. The minimum absolute atomic E-state index is 0.0704. The number of rotatable bonds is 7. The van der Waals surface area contributed by atoms with Gasteiger partial charge in [0.15, 0.2) is 0 Å². The van der Waals surface area contributed by atoms with Crippen LogP contribution in [0.2, 0.25) is 0 Å². The molecule has 0 amide bonds. The van der Waals surface area contributed by atoms with Gasteiger partial charge in [-0.25, -0.2) is 5.11 Å². The van der Waals surface area contributed by atoms with Crippen LogP contribution < -0.4 is 0 Å². The molecule has 1 aromatic rings. The van der Waals surface area contributed by atoms with E-state index in [4.69, 9.17) is 4.18 Å². The molecule has 4 nitrogen and oxygen atoms in total.